The topological polar surface area (TPSA) is 0 Å². The molecule has 0 aliphatic carbocycles. The van der Waals surface area contributed by atoms with Gasteiger partial charge in [-0.15, -0.1) is 107 Å². The van der Waals surface area contributed by atoms with Gasteiger partial charge in [-0.3, -0.25) is 4.70 Å². The molecule has 0 N–H and O–H groups in total. The van der Waals surface area contributed by atoms with Crippen molar-refractivity contribution in [1.82, 2.24) is 0 Å². The van der Waals surface area contributed by atoms with Gasteiger partial charge in [-0.2, -0.15) is 13.2 Å². The lowest BCUT2D eigenvalue weighted by Gasteiger charge is -2.03. The summed E-state index contributed by atoms with van der Waals surface area (Å²) in [5, 5.41) is -1.28. The van der Waals surface area contributed by atoms with Crippen molar-refractivity contribution in [3.8, 4) is 0 Å². The summed E-state index contributed by atoms with van der Waals surface area (Å²) in [5.74, 6) is 1.48. The second-order valence-corrected chi connectivity index (χ2v) is 9.62. The molecule has 0 aromatic heterocycles. The zero-order valence-electron chi connectivity index (χ0n) is 20.0. The van der Waals surface area contributed by atoms with E-state index in [0.717, 1.165) is 5.88 Å². The number of alkyl halides is 13. The summed E-state index contributed by atoms with van der Waals surface area (Å²) < 4.78 is 55.0. The predicted molar refractivity (Wildman–Crippen MR) is 163 cm³/mol. The van der Waals surface area contributed by atoms with Crippen molar-refractivity contribution in [1.29, 1.82) is 0 Å². The Morgan fingerprint density at radius 2 is 0.857 bits per heavy atom. The maximum Gasteiger partial charge on any atom is 0.418 e. The van der Waals surface area contributed by atoms with Crippen molar-refractivity contribution in [2.75, 3.05) is 24.0 Å². The molecule has 0 rings (SSSR count). The SMILES string of the molecule is C=C(C)F.CC(C)(F)Cl.CC(Cl)CCl.CC(Cl)CCl.CCCl.CCl.Cl.Cl.Cl.F.FC(F)(F)C(Cl)Cl. The van der Waals surface area contributed by atoms with E-state index >= 15 is 0 Å². The monoisotopic (exact) mass is 774 g/mol. The zero-order valence-corrected chi connectivity index (χ0v) is 29.2. The fourth-order valence-electron chi connectivity index (χ4n) is 0. The molecule has 0 aliphatic rings. The number of rotatable bonds is 2. The van der Waals surface area contributed by atoms with Crippen LogP contribution < -0.4 is 0 Å². The Kier molecular flexibility index (Phi) is 108. The molecule has 0 fully saturated rings. The number of hydrogen-bond donors (Lipinski definition) is 0. The minimum atomic E-state index is -4.47. The number of halogens is 18. The molecular formula is C17H36Cl12F6. The van der Waals surface area contributed by atoms with E-state index in [1.807, 2.05) is 20.8 Å². The van der Waals surface area contributed by atoms with Crippen LogP contribution in [0, 0.1) is 0 Å². The summed E-state index contributed by atoms with van der Waals surface area (Å²) in [4.78, 5) is -2.26. The van der Waals surface area contributed by atoms with Crippen LogP contribution in [0.3, 0.4) is 0 Å². The fourth-order valence-corrected chi connectivity index (χ4v) is 0. The molecule has 0 aromatic rings. The summed E-state index contributed by atoms with van der Waals surface area (Å²) in [6.45, 7) is 12.4. The molecule has 2 unspecified atom stereocenters. The molecule has 0 nitrogen and oxygen atoms in total. The summed E-state index contributed by atoms with van der Waals surface area (Å²) in [7, 11) is 0. The van der Waals surface area contributed by atoms with Gasteiger partial charge in [-0.25, -0.2) is 8.78 Å². The normalized spacial score (nSPS) is 10.0. The average molecular weight is 780 g/mol. The minimum Gasteiger partial charge on any atom is -0.269 e. The highest BCUT2D eigenvalue weighted by molar-refractivity contribution is 6.44. The maximum absolute atomic E-state index is 11.5. The van der Waals surface area contributed by atoms with Gasteiger partial charge in [0.15, 0.2) is 5.13 Å². The minimum absolute atomic E-state index is 0. The second kappa shape index (κ2) is 53.1. The lowest BCUT2D eigenvalue weighted by Crippen LogP contribution is -2.16. The molecule has 0 aromatic carbocycles. The van der Waals surface area contributed by atoms with Gasteiger partial charge in [0.1, 0.15) is 0 Å². The van der Waals surface area contributed by atoms with Crippen LogP contribution in [0.1, 0.15) is 41.5 Å². The van der Waals surface area contributed by atoms with Gasteiger partial charge in [0, 0.05) is 34.8 Å². The van der Waals surface area contributed by atoms with Crippen molar-refractivity contribution < 1.29 is 26.7 Å². The molecule has 35 heavy (non-hydrogen) atoms. The maximum atomic E-state index is 11.5. The fraction of sp³-hybridized carbons (Fsp3) is 0.882. The first-order valence-corrected chi connectivity index (χ1v) is 12.5. The summed E-state index contributed by atoms with van der Waals surface area (Å²) >= 11 is 44.4. The van der Waals surface area contributed by atoms with E-state index in [4.69, 9.17) is 69.6 Å². The number of allylic oxidation sites excluding steroid dienone is 1. The van der Waals surface area contributed by atoms with E-state index in [2.05, 4.69) is 41.4 Å². The highest BCUT2D eigenvalue weighted by atomic mass is 35.5. The van der Waals surface area contributed by atoms with Gasteiger partial charge in [-0.1, -0.05) is 48.3 Å². The third-order valence-corrected chi connectivity index (χ3v) is 2.72. The van der Waals surface area contributed by atoms with Crippen LogP contribution in [0.4, 0.5) is 26.7 Å². The average Bonchev–Trinajstić information content (AvgIpc) is 2.55. The van der Waals surface area contributed by atoms with Crippen molar-refractivity contribution >= 4 is 142 Å². The molecule has 18 heteroatoms. The van der Waals surface area contributed by atoms with Crippen LogP contribution in [0.2, 0.25) is 0 Å². The highest BCUT2D eigenvalue weighted by Gasteiger charge is 2.36. The van der Waals surface area contributed by atoms with Crippen LogP contribution in [0.15, 0.2) is 12.4 Å². The third kappa shape index (κ3) is 272. The Labute approximate surface area is 271 Å². The van der Waals surface area contributed by atoms with Gasteiger partial charge in [-0.05, 0) is 34.6 Å². The molecular weight excluding hydrogens is 744 g/mol. The Morgan fingerprint density at radius 1 is 0.800 bits per heavy atom. The molecule has 0 spiro atoms. The van der Waals surface area contributed by atoms with E-state index in [-0.39, 0.29) is 58.5 Å². The molecule has 0 heterocycles. The third-order valence-electron chi connectivity index (χ3n) is 0.673. The van der Waals surface area contributed by atoms with E-state index in [1.165, 1.54) is 27.2 Å². The first kappa shape index (κ1) is 71.3. The first-order chi connectivity index (χ1) is 13.6. The van der Waals surface area contributed by atoms with Crippen LogP contribution in [-0.4, -0.2) is 50.9 Å². The van der Waals surface area contributed by atoms with E-state index in [9.17, 15) is 22.0 Å². The number of hydrogen-bond acceptors (Lipinski definition) is 0. The molecule has 230 valence electrons. The lowest BCUT2D eigenvalue weighted by molar-refractivity contribution is -0.115. The van der Waals surface area contributed by atoms with Crippen molar-refractivity contribution in [2.45, 2.75) is 68.4 Å². The standard InChI is InChI=1S/2C3H6Cl2.C3H6ClF.C3H5F.C2HCl2F3.C2H5Cl.CH3Cl.3ClH.FH/c2*1-3(5)2-4;1-3(2,4)5;1-3(2)4;3-1(4)2(5,6)7;1-2-3;1-2;;;;/h2*3H,2H2,1H3;1-2H3;1H2,2H3;1H;2H2,1H3;1H3;4*1H. The van der Waals surface area contributed by atoms with Crippen LogP contribution in [0.25, 0.3) is 0 Å². The van der Waals surface area contributed by atoms with Gasteiger partial charge in [0.05, 0.1) is 5.83 Å². The second-order valence-electron chi connectivity index (χ2n) is 4.98. The molecule has 0 amide bonds. The first-order valence-electron chi connectivity index (χ1n) is 8.01. The Balaban J connectivity index is -0.0000000214. The van der Waals surface area contributed by atoms with Gasteiger partial charge in [0.25, 0.3) is 0 Å². The Bertz CT molecular complexity index is 299. The quantitative estimate of drug-likeness (QED) is 0.193. The van der Waals surface area contributed by atoms with Gasteiger partial charge < -0.3 is 0 Å². The van der Waals surface area contributed by atoms with Crippen LogP contribution >= 0.6 is 142 Å². The van der Waals surface area contributed by atoms with Crippen LogP contribution in [0.5, 0.6) is 0 Å². The Morgan fingerprint density at radius 3 is 0.857 bits per heavy atom. The molecule has 2 atom stereocenters. The van der Waals surface area contributed by atoms with E-state index in [0.29, 0.717) is 11.8 Å². The lowest BCUT2D eigenvalue weighted by atomic mass is 10.5. The van der Waals surface area contributed by atoms with Crippen molar-refractivity contribution in [3.05, 3.63) is 12.4 Å². The van der Waals surface area contributed by atoms with Crippen molar-refractivity contribution in [3.63, 3.8) is 0 Å². The van der Waals surface area contributed by atoms with E-state index < -0.39 is 16.1 Å². The molecule has 0 aliphatic heterocycles. The zero-order chi connectivity index (χ0) is 27.4. The molecule has 0 saturated heterocycles. The highest BCUT2D eigenvalue weighted by Crippen LogP contribution is 2.27. The van der Waals surface area contributed by atoms with E-state index in [1.54, 1.807) is 0 Å². The molecule has 0 radical (unpaired) electrons. The van der Waals surface area contributed by atoms with Gasteiger partial charge >= 0.3 is 6.18 Å². The summed E-state index contributed by atoms with van der Waals surface area (Å²) in [5.41, 5.74) is 0. The summed E-state index contributed by atoms with van der Waals surface area (Å²) in [6.07, 6.45) is -3.00. The van der Waals surface area contributed by atoms with Crippen LogP contribution in [-0.2, 0) is 0 Å². The van der Waals surface area contributed by atoms with Gasteiger partial charge in [0.2, 0.25) is 4.84 Å². The smallest absolute Gasteiger partial charge is 0.269 e. The predicted octanol–water partition coefficient (Wildman–Crippen LogP) is 13.0. The van der Waals surface area contributed by atoms with Crippen molar-refractivity contribution in [2.24, 2.45) is 0 Å². The molecule has 0 saturated carbocycles. The largest absolute Gasteiger partial charge is 0.418 e. The Hall–Kier alpha value is 2.80. The summed E-state index contributed by atoms with van der Waals surface area (Å²) in [6, 6.07) is 0. The molecule has 0 bridgehead atoms.